The zero-order chi connectivity index (χ0) is 17.8. The zero-order valence-corrected chi connectivity index (χ0v) is 15.6. The van der Waals surface area contributed by atoms with Crippen molar-refractivity contribution in [1.82, 2.24) is 4.98 Å². The first-order valence-electron chi connectivity index (χ1n) is 7.41. The first kappa shape index (κ1) is 17.7. The van der Waals surface area contributed by atoms with Gasteiger partial charge >= 0.3 is 0 Å². The predicted molar refractivity (Wildman–Crippen MR) is 103 cm³/mol. The number of hydrogen-bond acceptors (Lipinski definition) is 4. The minimum Gasteiger partial charge on any atom is -0.484 e. The van der Waals surface area contributed by atoms with Crippen LogP contribution in [0.15, 0.2) is 47.8 Å². The van der Waals surface area contributed by atoms with Gasteiger partial charge in [0, 0.05) is 16.0 Å². The molecule has 128 valence electrons. The molecule has 7 heteroatoms. The average Bonchev–Trinajstić information content (AvgIpc) is 3.02. The van der Waals surface area contributed by atoms with Gasteiger partial charge < -0.3 is 4.74 Å². The first-order chi connectivity index (χ1) is 12.0. The summed E-state index contributed by atoms with van der Waals surface area (Å²) in [5, 5.41) is 6.10. The van der Waals surface area contributed by atoms with E-state index in [0.717, 1.165) is 11.1 Å². The number of benzene rings is 2. The van der Waals surface area contributed by atoms with Crippen LogP contribution >= 0.6 is 34.5 Å². The van der Waals surface area contributed by atoms with Crippen LogP contribution < -0.4 is 10.1 Å². The fourth-order valence-electron chi connectivity index (χ4n) is 2.09. The number of nitrogens with zero attached hydrogens (tertiary/aromatic N) is 1. The molecule has 0 aliphatic heterocycles. The normalized spacial score (nSPS) is 10.5. The van der Waals surface area contributed by atoms with Crippen molar-refractivity contribution in [2.24, 2.45) is 0 Å². The standard InChI is InChI=1S/C18H14Cl2N2O2S/c1-11-2-5-13(6-3-11)24-9-17(23)22-18-21-16(10-25-18)14-7-4-12(19)8-15(14)20/h2-8,10H,9H2,1H3,(H,21,22,23). The number of hydrogen-bond donors (Lipinski definition) is 1. The molecule has 1 heterocycles. The van der Waals surface area contributed by atoms with Gasteiger partial charge in [0.05, 0.1) is 10.7 Å². The maximum absolute atomic E-state index is 12.0. The van der Waals surface area contributed by atoms with E-state index < -0.39 is 0 Å². The second-order valence-corrected chi connectivity index (χ2v) is 7.01. The molecule has 1 N–H and O–H groups in total. The fraction of sp³-hybridized carbons (Fsp3) is 0.111. The number of nitrogens with one attached hydrogen (secondary N) is 1. The molecule has 0 radical (unpaired) electrons. The quantitative estimate of drug-likeness (QED) is 0.628. The molecule has 0 aliphatic carbocycles. The van der Waals surface area contributed by atoms with Gasteiger partial charge in [-0.25, -0.2) is 4.98 Å². The molecule has 2 aromatic carbocycles. The van der Waals surface area contributed by atoms with E-state index in [1.54, 1.807) is 18.2 Å². The first-order valence-corrected chi connectivity index (χ1v) is 9.05. The molecule has 0 saturated carbocycles. The van der Waals surface area contributed by atoms with Crippen LogP contribution in [0.5, 0.6) is 5.75 Å². The van der Waals surface area contributed by atoms with Gasteiger partial charge in [-0.2, -0.15) is 0 Å². The number of anilines is 1. The largest absolute Gasteiger partial charge is 0.484 e. The van der Waals surface area contributed by atoms with E-state index in [4.69, 9.17) is 27.9 Å². The Hall–Kier alpha value is -2.08. The Morgan fingerprint density at radius 2 is 1.96 bits per heavy atom. The van der Waals surface area contributed by atoms with Crippen molar-refractivity contribution in [2.45, 2.75) is 6.92 Å². The van der Waals surface area contributed by atoms with Crippen LogP contribution in [0.4, 0.5) is 5.13 Å². The minimum atomic E-state index is -0.274. The molecule has 0 bridgehead atoms. The Kier molecular flexibility index (Phi) is 5.58. The Bertz CT molecular complexity index is 894. The predicted octanol–water partition coefficient (Wildman–Crippen LogP) is 5.44. The lowest BCUT2D eigenvalue weighted by Crippen LogP contribution is -2.20. The summed E-state index contributed by atoms with van der Waals surface area (Å²) >= 11 is 13.4. The second kappa shape index (κ2) is 7.87. The molecule has 1 amide bonds. The third-order valence-corrected chi connectivity index (χ3v) is 4.65. The maximum Gasteiger partial charge on any atom is 0.264 e. The van der Waals surface area contributed by atoms with Gasteiger partial charge in [-0.15, -0.1) is 11.3 Å². The summed E-state index contributed by atoms with van der Waals surface area (Å²) in [6.07, 6.45) is 0. The monoisotopic (exact) mass is 392 g/mol. The number of aromatic nitrogens is 1. The Balaban J connectivity index is 1.60. The van der Waals surface area contributed by atoms with Crippen LogP contribution in [-0.2, 0) is 4.79 Å². The number of amides is 1. The van der Waals surface area contributed by atoms with E-state index >= 15 is 0 Å². The van der Waals surface area contributed by atoms with Crippen LogP contribution in [0.1, 0.15) is 5.56 Å². The van der Waals surface area contributed by atoms with Gasteiger partial charge in [0.25, 0.3) is 5.91 Å². The highest BCUT2D eigenvalue weighted by Crippen LogP contribution is 2.32. The molecule has 3 rings (SSSR count). The molecule has 0 spiro atoms. The van der Waals surface area contributed by atoms with Crippen molar-refractivity contribution < 1.29 is 9.53 Å². The summed E-state index contributed by atoms with van der Waals surface area (Å²) in [5.74, 6) is 0.372. The van der Waals surface area contributed by atoms with Crippen LogP contribution in [0, 0.1) is 6.92 Å². The molecular weight excluding hydrogens is 379 g/mol. The van der Waals surface area contributed by atoms with Gasteiger partial charge in [0.1, 0.15) is 5.75 Å². The Morgan fingerprint density at radius 3 is 2.68 bits per heavy atom. The third-order valence-electron chi connectivity index (χ3n) is 3.35. The molecule has 3 aromatic rings. The van der Waals surface area contributed by atoms with E-state index in [1.807, 2.05) is 36.6 Å². The topological polar surface area (TPSA) is 51.2 Å². The molecule has 0 fully saturated rings. The van der Waals surface area contributed by atoms with Crippen molar-refractivity contribution in [2.75, 3.05) is 11.9 Å². The summed E-state index contributed by atoms with van der Waals surface area (Å²) in [7, 11) is 0. The number of thiazole rings is 1. The number of ether oxygens (including phenoxy) is 1. The summed E-state index contributed by atoms with van der Waals surface area (Å²) in [6, 6.07) is 12.7. The summed E-state index contributed by atoms with van der Waals surface area (Å²) in [6.45, 7) is 1.91. The highest BCUT2D eigenvalue weighted by atomic mass is 35.5. The maximum atomic E-state index is 12.0. The van der Waals surface area contributed by atoms with E-state index in [2.05, 4.69) is 10.3 Å². The molecular formula is C18H14Cl2N2O2S. The molecule has 25 heavy (non-hydrogen) atoms. The lowest BCUT2D eigenvalue weighted by Gasteiger charge is -2.06. The van der Waals surface area contributed by atoms with Crippen LogP contribution in [0.25, 0.3) is 11.3 Å². The van der Waals surface area contributed by atoms with E-state index in [-0.39, 0.29) is 12.5 Å². The summed E-state index contributed by atoms with van der Waals surface area (Å²) in [5.41, 5.74) is 2.58. The number of carbonyl (C=O) groups excluding carboxylic acids is 1. The van der Waals surface area contributed by atoms with Crippen molar-refractivity contribution >= 4 is 45.6 Å². The Morgan fingerprint density at radius 1 is 1.20 bits per heavy atom. The Labute approximate surface area is 159 Å². The second-order valence-electron chi connectivity index (χ2n) is 5.31. The SMILES string of the molecule is Cc1ccc(OCC(=O)Nc2nc(-c3ccc(Cl)cc3Cl)cs2)cc1. The van der Waals surface area contributed by atoms with Gasteiger partial charge in [0.2, 0.25) is 0 Å². The lowest BCUT2D eigenvalue weighted by atomic mass is 10.2. The third kappa shape index (κ3) is 4.72. The summed E-state index contributed by atoms with van der Waals surface area (Å²) in [4.78, 5) is 16.4. The highest BCUT2D eigenvalue weighted by molar-refractivity contribution is 7.14. The molecule has 1 aromatic heterocycles. The molecule has 0 unspecified atom stereocenters. The van der Waals surface area contributed by atoms with Gasteiger partial charge in [0.15, 0.2) is 11.7 Å². The van der Waals surface area contributed by atoms with Crippen molar-refractivity contribution in [3.05, 3.63) is 63.5 Å². The van der Waals surface area contributed by atoms with E-state index in [1.165, 1.54) is 11.3 Å². The lowest BCUT2D eigenvalue weighted by molar-refractivity contribution is -0.118. The molecule has 0 aliphatic rings. The van der Waals surface area contributed by atoms with Crippen molar-refractivity contribution in [3.8, 4) is 17.0 Å². The van der Waals surface area contributed by atoms with Gasteiger partial charge in [-0.05, 0) is 37.3 Å². The smallest absolute Gasteiger partial charge is 0.264 e. The van der Waals surface area contributed by atoms with Crippen LogP contribution in [-0.4, -0.2) is 17.5 Å². The van der Waals surface area contributed by atoms with Crippen LogP contribution in [0.2, 0.25) is 10.0 Å². The highest BCUT2D eigenvalue weighted by Gasteiger charge is 2.11. The minimum absolute atomic E-state index is 0.0837. The van der Waals surface area contributed by atoms with Gasteiger partial charge in [-0.3, -0.25) is 10.1 Å². The summed E-state index contributed by atoms with van der Waals surface area (Å²) < 4.78 is 5.45. The molecule has 0 atom stereocenters. The molecule has 4 nitrogen and oxygen atoms in total. The van der Waals surface area contributed by atoms with Crippen LogP contribution in [0.3, 0.4) is 0 Å². The fourth-order valence-corrected chi connectivity index (χ4v) is 3.32. The zero-order valence-electron chi connectivity index (χ0n) is 13.3. The van der Waals surface area contributed by atoms with E-state index in [0.29, 0.717) is 26.6 Å². The molecule has 0 saturated heterocycles. The van der Waals surface area contributed by atoms with E-state index in [9.17, 15) is 4.79 Å². The number of carbonyl (C=O) groups is 1. The number of halogens is 2. The average molecular weight is 393 g/mol. The van der Waals surface area contributed by atoms with Crippen molar-refractivity contribution in [3.63, 3.8) is 0 Å². The van der Waals surface area contributed by atoms with Crippen molar-refractivity contribution in [1.29, 1.82) is 0 Å². The number of rotatable bonds is 5. The number of aryl methyl sites for hydroxylation is 1. The van der Waals surface area contributed by atoms with Gasteiger partial charge in [-0.1, -0.05) is 40.9 Å².